The van der Waals surface area contributed by atoms with Crippen molar-refractivity contribution >= 4 is 24.0 Å². The number of ether oxygens (including phenoxy) is 2. The Balaban J connectivity index is 0.00000288. The fourth-order valence-electron chi connectivity index (χ4n) is 2.81. The van der Waals surface area contributed by atoms with Crippen LogP contribution in [-0.2, 0) is 0 Å². The lowest BCUT2D eigenvalue weighted by molar-refractivity contribution is -0.148. The van der Waals surface area contributed by atoms with Gasteiger partial charge in [-0.2, -0.15) is 13.2 Å². The molecule has 0 aliphatic carbocycles. The van der Waals surface area contributed by atoms with Crippen molar-refractivity contribution in [2.45, 2.75) is 18.6 Å². The van der Waals surface area contributed by atoms with Gasteiger partial charge in [-0.05, 0) is 11.6 Å². The van der Waals surface area contributed by atoms with Gasteiger partial charge in [-0.1, -0.05) is 17.7 Å². The monoisotopic (exact) mass is 388 g/mol. The molecule has 24 heavy (non-hydrogen) atoms. The number of piperazine rings is 1. The summed E-state index contributed by atoms with van der Waals surface area (Å²) >= 11 is 6.32. The fraction of sp³-hybridized carbons (Fsp3) is 0.600. The van der Waals surface area contributed by atoms with Crippen LogP contribution < -0.4 is 14.8 Å². The first-order valence-corrected chi connectivity index (χ1v) is 7.67. The van der Waals surface area contributed by atoms with Crippen LogP contribution in [0.1, 0.15) is 18.0 Å². The van der Waals surface area contributed by atoms with E-state index in [-0.39, 0.29) is 23.2 Å². The van der Waals surface area contributed by atoms with Gasteiger partial charge in [0.2, 0.25) is 0 Å². The Hall–Kier alpha value is -0.890. The molecule has 1 aliphatic heterocycles. The zero-order valence-corrected chi connectivity index (χ0v) is 15.0. The predicted octanol–water partition coefficient (Wildman–Crippen LogP) is 3.68. The summed E-state index contributed by atoms with van der Waals surface area (Å²) in [7, 11) is 2.87. The molecule has 1 atom stereocenters. The molecule has 9 heteroatoms. The maximum absolute atomic E-state index is 13.1. The largest absolute Gasteiger partial charge is 0.493 e. The third kappa shape index (κ3) is 5.05. The zero-order valence-electron chi connectivity index (χ0n) is 13.5. The van der Waals surface area contributed by atoms with Gasteiger partial charge in [-0.25, -0.2) is 0 Å². The van der Waals surface area contributed by atoms with Crippen LogP contribution in [0.15, 0.2) is 12.1 Å². The average Bonchev–Trinajstić information content (AvgIpc) is 2.52. The van der Waals surface area contributed by atoms with Crippen LogP contribution in [0.25, 0.3) is 0 Å². The van der Waals surface area contributed by atoms with E-state index in [4.69, 9.17) is 21.1 Å². The maximum Gasteiger partial charge on any atom is 0.390 e. The molecule has 1 heterocycles. The SMILES string of the molecule is COc1ccc([C@H](CC(F)(F)F)N2CCNCC2)c(Cl)c1OC.Cl. The molecule has 0 saturated carbocycles. The smallest absolute Gasteiger partial charge is 0.390 e. The second kappa shape index (κ2) is 8.99. The summed E-state index contributed by atoms with van der Waals surface area (Å²) in [4.78, 5) is 1.80. The number of methoxy groups -OCH3 is 2. The molecule has 0 unspecified atom stereocenters. The lowest BCUT2D eigenvalue weighted by Gasteiger charge is -2.36. The van der Waals surface area contributed by atoms with E-state index in [1.807, 2.05) is 0 Å². The van der Waals surface area contributed by atoms with Crippen LogP contribution in [0.4, 0.5) is 13.2 Å². The Labute approximate surface area is 150 Å². The molecule has 1 aliphatic rings. The number of nitrogens with one attached hydrogen (secondary N) is 1. The highest BCUT2D eigenvalue weighted by molar-refractivity contribution is 6.33. The van der Waals surface area contributed by atoms with Crippen molar-refractivity contribution in [1.29, 1.82) is 0 Å². The number of halogens is 5. The highest BCUT2D eigenvalue weighted by Gasteiger charge is 2.37. The molecule has 1 saturated heterocycles. The van der Waals surface area contributed by atoms with Gasteiger partial charge in [0.1, 0.15) is 0 Å². The molecular weight excluding hydrogens is 368 g/mol. The Morgan fingerprint density at radius 1 is 1.21 bits per heavy atom. The maximum atomic E-state index is 13.1. The normalized spacial score (nSPS) is 17.1. The van der Waals surface area contributed by atoms with Crippen LogP contribution in [0.5, 0.6) is 11.5 Å². The van der Waals surface area contributed by atoms with Crippen molar-refractivity contribution in [3.8, 4) is 11.5 Å². The quantitative estimate of drug-likeness (QED) is 0.833. The molecule has 1 aromatic rings. The van der Waals surface area contributed by atoms with Crippen LogP contribution in [-0.4, -0.2) is 51.5 Å². The van der Waals surface area contributed by atoms with Crippen LogP contribution in [0.2, 0.25) is 5.02 Å². The van der Waals surface area contributed by atoms with Crippen molar-refractivity contribution in [3.05, 3.63) is 22.7 Å². The molecule has 2 rings (SSSR count). The molecule has 4 nitrogen and oxygen atoms in total. The molecule has 1 aromatic carbocycles. The Morgan fingerprint density at radius 3 is 2.33 bits per heavy atom. The van der Waals surface area contributed by atoms with Crippen molar-refractivity contribution in [2.75, 3.05) is 40.4 Å². The number of hydrogen-bond acceptors (Lipinski definition) is 4. The van der Waals surface area contributed by atoms with Crippen molar-refractivity contribution in [2.24, 2.45) is 0 Å². The van der Waals surface area contributed by atoms with Crippen molar-refractivity contribution < 1.29 is 22.6 Å². The first-order chi connectivity index (χ1) is 10.9. The minimum atomic E-state index is -4.29. The summed E-state index contributed by atoms with van der Waals surface area (Å²) in [6.45, 7) is 2.37. The first kappa shape index (κ1) is 21.2. The summed E-state index contributed by atoms with van der Waals surface area (Å²) in [6.07, 6.45) is -5.24. The third-order valence-electron chi connectivity index (χ3n) is 3.89. The van der Waals surface area contributed by atoms with Gasteiger partial charge in [0.15, 0.2) is 11.5 Å². The summed E-state index contributed by atoms with van der Waals surface area (Å²) in [6, 6.07) is 2.33. The van der Waals surface area contributed by atoms with E-state index in [9.17, 15) is 13.2 Å². The van der Waals surface area contributed by atoms with E-state index >= 15 is 0 Å². The number of benzene rings is 1. The molecule has 1 N–H and O–H groups in total. The van der Waals surface area contributed by atoms with Gasteiger partial charge in [0.25, 0.3) is 0 Å². The highest BCUT2D eigenvalue weighted by atomic mass is 35.5. The van der Waals surface area contributed by atoms with Crippen molar-refractivity contribution in [3.63, 3.8) is 0 Å². The molecule has 0 spiro atoms. The number of alkyl halides is 3. The van der Waals surface area contributed by atoms with Crippen molar-refractivity contribution in [1.82, 2.24) is 10.2 Å². The number of nitrogens with zero attached hydrogens (tertiary/aromatic N) is 1. The number of hydrogen-bond donors (Lipinski definition) is 1. The summed E-state index contributed by atoms with van der Waals surface area (Å²) in [5, 5.41) is 3.31. The second-order valence-electron chi connectivity index (χ2n) is 5.33. The minimum absolute atomic E-state index is 0. The topological polar surface area (TPSA) is 33.7 Å². The lowest BCUT2D eigenvalue weighted by atomic mass is 10.00. The van der Waals surface area contributed by atoms with E-state index in [0.717, 1.165) is 0 Å². The standard InChI is InChI=1S/C15H20ClF3N2O2.ClH/c1-22-12-4-3-10(13(16)14(12)23-2)11(9-15(17,18)19)21-7-5-20-6-8-21;/h3-4,11,20H,5-9H2,1-2H3;1H/t11-;/m0./s1. The predicted molar refractivity (Wildman–Crippen MR) is 89.7 cm³/mol. The Bertz CT molecular complexity index is 538. The number of rotatable bonds is 5. The van der Waals surface area contributed by atoms with Gasteiger partial charge in [-0.3, -0.25) is 4.90 Å². The van der Waals surface area contributed by atoms with Crippen LogP contribution >= 0.6 is 24.0 Å². The molecule has 0 radical (unpaired) electrons. The zero-order chi connectivity index (χ0) is 17.0. The van der Waals surface area contributed by atoms with E-state index < -0.39 is 18.6 Å². The average molecular weight is 389 g/mol. The molecule has 138 valence electrons. The van der Waals surface area contributed by atoms with Crippen LogP contribution in [0, 0.1) is 0 Å². The van der Waals surface area contributed by atoms with E-state index in [2.05, 4.69) is 5.32 Å². The van der Waals surface area contributed by atoms with Gasteiger partial charge >= 0.3 is 6.18 Å². The molecular formula is C15H21Cl2F3N2O2. The van der Waals surface area contributed by atoms with Crippen LogP contribution in [0.3, 0.4) is 0 Å². The van der Waals surface area contributed by atoms with Gasteiger partial charge in [0, 0.05) is 32.2 Å². The molecule has 1 fully saturated rings. The Kier molecular flexibility index (Phi) is 7.92. The molecule has 0 bridgehead atoms. The highest BCUT2D eigenvalue weighted by Crippen LogP contribution is 2.44. The summed E-state index contributed by atoms with van der Waals surface area (Å²) in [5.41, 5.74) is 0.406. The minimum Gasteiger partial charge on any atom is -0.493 e. The van der Waals surface area contributed by atoms with Gasteiger partial charge in [0.05, 0.1) is 25.7 Å². The third-order valence-corrected chi connectivity index (χ3v) is 4.28. The lowest BCUT2D eigenvalue weighted by Crippen LogP contribution is -2.46. The first-order valence-electron chi connectivity index (χ1n) is 7.29. The van der Waals surface area contributed by atoms with E-state index in [0.29, 0.717) is 37.5 Å². The fourth-order valence-corrected chi connectivity index (χ4v) is 3.17. The molecule has 0 aromatic heterocycles. The van der Waals surface area contributed by atoms with E-state index in [1.54, 1.807) is 17.0 Å². The molecule has 0 amide bonds. The summed E-state index contributed by atoms with van der Waals surface area (Å²) in [5.74, 6) is 0.654. The van der Waals surface area contributed by atoms with Gasteiger partial charge < -0.3 is 14.8 Å². The van der Waals surface area contributed by atoms with Gasteiger partial charge in [-0.15, -0.1) is 12.4 Å². The second-order valence-corrected chi connectivity index (χ2v) is 5.70. The Morgan fingerprint density at radius 2 is 1.83 bits per heavy atom. The van der Waals surface area contributed by atoms with E-state index in [1.165, 1.54) is 14.2 Å². The summed E-state index contributed by atoms with van der Waals surface area (Å²) < 4.78 is 49.5.